The van der Waals surface area contributed by atoms with Crippen LogP contribution in [0.4, 0.5) is 5.69 Å². The molecule has 2 heteroatoms. The minimum Gasteiger partial charge on any atom is -0.382 e. The van der Waals surface area contributed by atoms with Gasteiger partial charge in [0.2, 0.25) is 0 Å². The van der Waals surface area contributed by atoms with Crippen LogP contribution in [0.25, 0.3) is 64.6 Å². The van der Waals surface area contributed by atoms with E-state index in [9.17, 15) is 4.79 Å². The van der Waals surface area contributed by atoms with Gasteiger partial charge in [-0.1, -0.05) is 60.7 Å². The van der Waals surface area contributed by atoms with Crippen molar-refractivity contribution in [1.29, 1.82) is 0 Å². The molecule has 0 bridgehead atoms. The highest BCUT2D eigenvalue weighted by Crippen LogP contribution is 2.49. The Balaban J connectivity index is 1.56. The molecule has 1 fully saturated rings. The van der Waals surface area contributed by atoms with Crippen molar-refractivity contribution in [1.82, 2.24) is 0 Å². The summed E-state index contributed by atoms with van der Waals surface area (Å²) in [7, 11) is 0. The predicted octanol–water partition coefficient (Wildman–Crippen LogP) is 7.84. The van der Waals surface area contributed by atoms with E-state index in [2.05, 4.69) is 72.0 Å². The van der Waals surface area contributed by atoms with Gasteiger partial charge in [-0.25, -0.2) is 0 Å². The number of ketones is 1. The number of carbonyl (C=O) groups excluding carboxylic acids is 1. The molecular weight excluding hydrogens is 390 g/mol. The molecule has 0 atom stereocenters. The Bertz CT molecular complexity index is 1760. The largest absolute Gasteiger partial charge is 0.382 e. The van der Waals surface area contributed by atoms with Crippen molar-refractivity contribution >= 4 is 76.1 Å². The van der Waals surface area contributed by atoms with Crippen LogP contribution in [0.5, 0.6) is 0 Å². The molecule has 8 rings (SSSR count). The fraction of sp³-hybridized carbons (Fsp3) is 0.167. The van der Waals surface area contributed by atoms with Crippen LogP contribution < -0.4 is 5.32 Å². The Morgan fingerprint density at radius 3 is 1.56 bits per heavy atom. The van der Waals surface area contributed by atoms with E-state index in [0.29, 0.717) is 24.7 Å². The number of anilines is 1. The molecule has 1 aliphatic carbocycles. The molecule has 0 heterocycles. The SMILES string of the molecule is O=C1CCC(Nc2cc3ccc4ccc5ccc6ccc7ccc2c2c7c6c5c4c32)CC1. The van der Waals surface area contributed by atoms with Gasteiger partial charge >= 0.3 is 0 Å². The van der Waals surface area contributed by atoms with Crippen LogP contribution in [-0.2, 0) is 4.79 Å². The summed E-state index contributed by atoms with van der Waals surface area (Å²) < 4.78 is 0. The molecule has 0 radical (unpaired) electrons. The summed E-state index contributed by atoms with van der Waals surface area (Å²) in [4.78, 5) is 11.8. The second-order valence-electron chi connectivity index (χ2n) is 9.62. The van der Waals surface area contributed by atoms with Crippen molar-refractivity contribution in [2.24, 2.45) is 0 Å². The van der Waals surface area contributed by atoms with Crippen molar-refractivity contribution in [3.8, 4) is 0 Å². The quantitative estimate of drug-likeness (QED) is 0.232. The van der Waals surface area contributed by atoms with Crippen LogP contribution in [0.15, 0.2) is 66.7 Å². The highest BCUT2D eigenvalue weighted by Gasteiger charge is 2.23. The van der Waals surface area contributed by atoms with Crippen molar-refractivity contribution in [3.63, 3.8) is 0 Å². The second kappa shape index (κ2) is 5.77. The molecule has 0 saturated heterocycles. The van der Waals surface area contributed by atoms with Crippen LogP contribution in [0.1, 0.15) is 25.7 Å². The molecular formula is C30H21NO. The van der Waals surface area contributed by atoms with E-state index >= 15 is 0 Å². The molecule has 7 aromatic carbocycles. The van der Waals surface area contributed by atoms with Crippen LogP contribution in [0.2, 0.25) is 0 Å². The average Bonchev–Trinajstić information content (AvgIpc) is 2.84. The van der Waals surface area contributed by atoms with E-state index in [4.69, 9.17) is 0 Å². The van der Waals surface area contributed by atoms with Gasteiger partial charge in [0.05, 0.1) is 0 Å². The lowest BCUT2D eigenvalue weighted by Gasteiger charge is -2.26. The molecule has 0 aliphatic heterocycles. The third-order valence-electron chi connectivity index (χ3n) is 7.90. The fourth-order valence-electron chi connectivity index (χ4n) is 6.41. The van der Waals surface area contributed by atoms with Crippen molar-refractivity contribution in [2.75, 3.05) is 5.32 Å². The zero-order valence-electron chi connectivity index (χ0n) is 17.7. The molecule has 0 amide bonds. The van der Waals surface area contributed by atoms with Gasteiger partial charge in [-0.15, -0.1) is 0 Å². The number of Topliss-reactive ketones (excluding diaryl/α,β-unsaturated/α-hetero) is 1. The first-order valence-electron chi connectivity index (χ1n) is 11.6. The van der Waals surface area contributed by atoms with Gasteiger partial charge in [0, 0.05) is 35.3 Å². The Kier molecular flexibility index (Phi) is 3.06. The van der Waals surface area contributed by atoms with Crippen LogP contribution >= 0.6 is 0 Å². The van der Waals surface area contributed by atoms with Gasteiger partial charge in [0.25, 0.3) is 0 Å². The zero-order valence-corrected chi connectivity index (χ0v) is 17.7. The molecule has 1 saturated carbocycles. The van der Waals surface area contributed by atoms with E-state index in [1.54, 1.807) is 0 Å². The first kappa shape index (κ1) is 17.0. The van der Waals surface area contributed by atoms with Gasteiger partial charge in [0.15, 0.2) is 0 Å². The normalized spacial score (nSPS) is 16.2. The van der Waals surface area contributed by atoms with Gasteiger partial charge in [-0.2, -0.15) is 0 Å². The maximum Gasteiger partial charge on any atom is 0.133 e. The lowest BCUT2D eigenvalue weighted by molar-refractivity contribution is -0.120. The number of hydrogen-bond donors (Lipinski definition) is 1. The van der Waals surface area contributed by atoms with E-state index in [1.807, 2.05) is 0 Å². The third-order valence-corrected chi connectivity index (χ3v) is 7.90. The number of benzene rings is 7. The lowest BCUT2D eigenvalue weighted by atomic mass is 9.82. The van der Waals surface area contributed by atoms with Gasteiger partial charge < -0.3 is 5.32 Å². The highest BCUT2D eigenvalue weighted by molar-refractivity contribution is 6.45. The summed E-state index contributed by atoms with van der Waals surface area (Å²) >= 11 is 0. The monoisotopic (exact) mass is 411 g/mol. The van der Waals surface area contributed by atoms with E-state index in [1.165, 1.54) is 70.3 Å². The minimum atomic E-state index is 0.363. The first-order valence-corrected chi connectivity index (χ1v) is 11.6. The molecule has 0 spiro atoms. The Morgan fingerprint density at radius 1 is 0.562 bits per heavy atom. The average molecular weight is 412 g/mol. The molecule has 1 aliphatic rings. The second-order valence-corrected chi connectivity index (χ2v) is 9.62. The van der Waals surface area contributed by atoms with Crippen LogP contribution in [0, 0.1) is 0 Å². The summed E-state index contributed by atoms with van der Waals surface area (Å²) in [6.07, 6.45) is 3.25. The van der Waals surface area contributed by atoms with Crippen molar-refractivity contribution in [2.45, 2.75) is 31.7 Å². The van der Waals surface area contributed by atoms with E-state index in [0.717, 1.165) is 12.8 Å². The number of nitrogens with one attached hydrogen (secondary N) is 1. The van der Waals surface area contributed by atoms with Crippen LogP contribution in [0.3, 0.4) is 0 Å². The topological polar surface area (TPSA) is 29.1 Å². The Labute approximate surface area is 184 Å². The number of hydrogen-bond acceptors (Lipinski definition) is 2. The smallest absolute Gasteiger partial charge is 0.133 e. The lowest BCUT2D eigenvalue weighted by Crippen LogP contribution is -2.26. The third kappa shape index (κ3) is 2.03. The highest BCUT2D eigenvalue weighted by atomic mass is 16.1. The number of rotatable bonds is 2. The van der Waals surface area contributed by atoms with E-state index in [-0.39, 0.29) is 0 Å². The maximum absolute atomic E-state index is 11.8. The van der Waals surface area contributed by atoms with Crippen molar-refractivity contribution in [3.05, 3.63) is 66.7 Å². The van der Waals surface area contributed by atoms with Crippen molar-refractivity contribution < 1.29 is 4.79 Å². The Morgan fingerprint density at radius 2 is 1.00 bits per heavy atom. The molecule has 2 nitrogen and oxygen atoms in total. The molecule has 0 aromatic heterocycles. The summed E-state index contributed by atoms with van der Waals surface area (Å²) in [5.41, 5.74) is 1.21. The molecule has 32 heavy (non-hydrogen) atoms. The fourth-order valence-corrected chi connectivity index (χ4v) is 6.41. The van der Waals surface area contributed by atoms with Gasteiger partial charge in [0.1, 0.15) is 5.78 Å². The molecule has 0 unspecified atom stereocenters. The zero-order chi connectivity index (χ0) is 21.0. The molecule has 1 N–H and O–H groups in total. The standard InChI is InChI=1S/C30H21NO/c32-22-12-10-21(11-13-22)31-24-15-20-8-7-18-4-2-16-1-3-17-5-6-19-9-14-23(24)30-28(19)26(17)25(16)27(18)29(20)30/h1-9,14-15,21,31H,10-13H2. The predicted molar refractivity (Wildman–Crippen MR) is 136 cm³/mol. The van der Waals surface area contributed by atoms with Gasteiger partial charge in [-0.3, -0.25) is 4.79 Å². The Hall–Kier alpha value is -3.65. The maximum atomic E-state index is 11.8. The summed E-state index contributed by atoms with van der Waals surface area (Å²) in [5, 5.41) is 20.1. The molecule has 152 valence electrons. The molecule has 7 aromatic rings. The first-order chi connectivity index (χ1) is 15.8. The van der Waals surface area contributed by atoms with Gasteiger partial charge in [-0.05, 0) is 72.8 Å². The van der Waals surface area contributed by atoms with E-state index < -0.39 is 0 Å². The summed E-state index contributed by atoms with van der Waals surface area (Å²) in [5.74, 6) is 0.404. The summed E-state index contributed by atoms with van der Waals surface area (Å²) in [6, 6.07) is 25.5. The van der Waals surface area contributed by atoms with Crippen LogP contribution in [-0.4, -0.2) is 11.8 Å². The summed E-state index contributed by atoms with van der Waals surface area (Å²) in [6.45, 7) is 0. The minimum absolute atomic E-state index is 0.363. The number of carbonyl (C=O) groups is 1.